The molecule has 2 unspecified atom stereocenters. The van der Waals surface area contributed by atoms with E-state index in [1.807, 2.05) is 4.90 Å². The highest BCUT2D eigenvalue weighted by atomic mass is 16.2. The summed E-state index contributed by atoms with van der Waals surface area (Å²) >= 11 is 0. The summed E-state index contributed by atoms with van der Waals surface area (Å²) in [7, 11) is 0. The highest BCUT2D eigenvalue weighted by molar-refractivity contribution is 5.77. The van der Waals surface area contributed by atoms with Gasteiger partial charge in [0.05, 0.1) is 0 Å². The van der Waals surface area contributed by atoms with E-state index >= 15 is 0 Å². The van der Waals surface area contributed by atoms with Crippen molar-refractivity contribution in [2.75, 3.05) is 13.1 Å². The number of carbonyl (C=O) groups is 1. The highest BCUT2D eigenvalue weighted by Crippen LogP contribution is 2.13. The molecule has 1 amide bonds. The van der Waals surface area contributed by atoms with Crippen molar-refractivity contribution < 1.29 is 4.79 Å². The quantitative estimate of drug-likeness (QED) is 0.576. The van der Waals surface area contributed by atoms with Gasteiger partial charge in [-0.05, 0) is 26.7 Å². The van der Waals surface area contributed by atoms with Crippen molar-refractivity contribution in [2.45, 2.75) is 51.6 Å². The Balaban J connectivity index is 2.36. The molecule has 2 atom stereocenters. The smallest absolute Gasteiger partial charge is 0.223 e. The lowest BCUT2D eigenvalue weighted by molar-refractivity contribution is -0.136. The van der Waals surface area contributed by atoms with E-state index < -0.39 is 0 Å². The molecular weight excluding hydrogens is 200 g/mol. The molecule has 1 N–H and O–H groups in total. The minimum Gasteiger partial charge on any atom is -0.335 e. The summed E-state index contributed by atoms with van der Waals surface area (Å²) in [5.74, 6) is 2.88. The Labute approximate surface area is 98.6 Å². The van der Waals surface area contributed by atoms with Crippen LogP contribution < -0.4 is 5.32 Å². The zero-order chi connectivity index (χ0) is 12.0. The van der Waals surface area contributed by atoms with Crippen molar-refractivity contribution in [3.05, 3.63) is 0 Å². The van der Waals surface area contributed by atoms with Gasteiger partial charge in [0, 0.05) is 38.0 Å². The third kappa shape index (κ3) is 3.53. The van der Waals surface area contributed by atoms with Gasteiger partial charge in [-0.15, -0.1) is 12.3 Å². The van der Waals surface area contributed by atoms with E-state index in [1.54, 1.807) is 0 Å². The van der Waals surface area contributed by atoms with Gasteiger partial charge in [0.25, 0.3) is 0 Å². The molecule has 0 bridgehead atoms. The molecule has 0 spiro atoms. The molecular formula is C13H22N2O. The fraction of sp³-hybridized carbons (Fsp3) is 0.769. The van der Waals surface area contributed by atoms with E-state index in [9.17, 15) is 4.79 Å². The lowest BCUT2D eigenvalue weighted by Crippen LogP contribution is -2.57. The van der Waals surface area contributed by atoms with Crippen molar-refractivity contribution in [3.8, 4) is 12.3 Å². The molecule has 0 aliphatic carbocycles. The molecule has 1 aliphatic rings. The van der Waals surface area contributed by atoms with Crippen molar-refractivity contribution >= 4 is 5.91 Å². The van der Waals surface area contributed by atoms with Crippen LogP contribution in [-0.2, 0) is 4.79 Å². The molecule has 1 fully saturated rings. The number of rotatable bonds is 4. The minimum atomic E-state index is 0.276. The Kier molecular flexibility index (Phi) is 5.34. The standard InChI is InChI=1S/C13H22N2O/c1-4-5-6-7-8-13(16)15-11(2)9-14-10-12(15)3/h1,11-12,14H,5-10H2,2-3H3. The van der Waals surface area contributed by atoms with Gasteiger partial charge in [0.2, 0.25) is 5.91 Å². The third-order valence-corrected chi connectivity index (χ3v) is 3.08. The van der Waals surface area contributed by atoms with E-state index in [-0.39, 0.29) is 5.91 Å². The van der Waals surface area contributed by atoms with Crippen molar-refractivity contribution in [1.29, 1.82) is 0 Å². The van der Waals surface area contributed by atoms with E-state index in [1.165, 1.54) is 0 Å². The predicted molar refractivity (Wildman–Crippen MR) is 65.9 cm³/mol. The molecule has 0 aromatic carbocycles. The summed E-state index contributed by atoms with van der Waals surface area (Å²) in [5, 5.41) is 3.33. The Morgan fingerprint density at radius 3 is 2.56 bits per heavy atom. The Morgan fingerprint density at radius 2 is 2.00 bits per heavy atom. The maximum atomic E-state index is 12.0. The monoisotopic (exact) mass is 222 g/mol. The van der Waals surface area contributed by atoms with Crippen LogP contribution in [0.25, 0.3) is 0 Å². The summed E-state index contributed by atoms with van der Waals surface area (Å²) in [4.78, 5) is 14.0. The van der Waals surface area contributed by atoms with E-state index in [0.29, 0.717) is 18.5 Å². The van der Waals surface area contributed by atoms with Crippen molar-refractivity contribution in [2.24, 2.45) is 0 Å². The summed E-state index contributed by atoms with van der Waals surface area (Å²) in [6, 6.07) is 0.618. The van der Waals surface area contributed by atoms with Crippen LogP contribution in [0.15, 0.2) is 0 Å². The molecule has 0 radical (unpaired) electrons. The number of hydrogen-bond acceptors (Lipinski definition) is 2. The average molecular weight is 222 g/mol. The molecule has 0 aromatic rings. The highest BCUT2D eigenvalue weighted by Gasteiger charge is 2.27. The summed E-state index contributed by atoms with van der Waals surface area (Å²) in [6.07, 6.45) is 8.46. The number of nitrogens with one attached hydrogen (secondary N) is 1. The lowest BCUT2D eigenvalue weighted by atomic mass is 10.1. The first-order chi connectivity index (χ1) is 7.66. The fourth-order valence-electron chi connectivity index (χ4n) is 2.26. The van der Waals surface area contributed by atoms with Gasteiger partial charge in [0.1, 0.15) is 0 Å². The summed E-state index contributed by atoms with van der Waals surface area (Å²) < 4.78 is 0. The predicted octanol–water partition coefficient (Wildman–Crippen LogP) is 1.39. The molecule has 1 rings (SSSR count). The first kappa shape index (κ1) is 13.1. The first-order valence-electron chi connectivity index (χ1n) is 6.12. The van der Waals surface area contributed by atoms with Gasteiger partial charge >= 0.3 is 0 Å². The molecule has 90 valence electrons. The summed E-state index contributed by atoms with van der Waals surface area (Å²) in [5.41, 5.74) is 0. The van der Waals surface area contributed by atoms with Crippen LogP contribution in [0.4, 0.5) is 0 Å². The number of nitrogens with zero attached hydrogens (tertiary/aromatic N) is 1. The number of unbranched alkanes of at least 4 members (excludes halogenated alkanes) is 2. The van der Waals surface area contributed by atoms with Crippen molar-refractivity contribution in [3.63, 3.8) is 0 Å². The largest absolute Gasteiger partial charge is 0.335 e. The number of terminal acetylenes is 1. The molecule has 0 aromatic heterocycles. The minimum absolute atomic E-state index is 0.276. The van der Waals surface area contributed by atoms with E-state index in [0.717, 1.165) is 32.4 Å². The van der Waals surface area contributed by atoms with Gasteiger partial charge in [-0.25, -0.2) is 0 Å². The Morgan fingerprint density at radius 1 is 1.38 bits per heavy atom. The van der Waals surface area contributed by atoms with Crippen LogP contribution >= 0.6 is 0 Å². The number of amides is 1. The number of hydrogen-bond donors (Lipinski definition) is 1. The molecule has 1 aliphatic heterocycles. The zero-order valence-electron chi connectivity index (χ0n) is 10.3. The van der Waals surface area contributed by atoms with E-state index in [2.05, 4.69) is 25.1 Å². The number of carbonyl (C=O) groups excluding carboxylic acids is 1. The number of piperazine rings is 1. The average Bonchev–Trinajstić information content (AvgIpc) is 2.24. The topological polar surface area (TPSA) is 32.3 Å². The van der Waals surface area contributed by atoms with Gasteiger partial charge in [0.15, 0.2) is 0 Å². The first-order valence-corrected chi connectivity index (χ1v) is 6.12. The maximum Gasteiger partial charge on any atom is 0.223 e. The summed E-state index contributed by atoms with van der Waals surface area (Å²) in [6.45, 7) is 6.00. The molecule has 1 saturated heterocycles. The van der Waals surface area contributed by atoms with Gasteiger partial charge in [-0.1, -0.05) is 0 Å². The Bertz CT molecular complexity index is 260. The second-order valence-corrected chi connectivity index (χ2v) is 4.57. The van der Waals surface area contributed by atoms with Crippen LogP contribution in [0.1, 0.15) is 39.5 Å². The van der Waals surface area contributed by atoms with E-state index in [4.69, 9.17) is 6.42 Å². The lowest BCUT2D eigenvalue weighted by Gasteiger charge is -2.39. The molecule has 16 heavy (non-hydrogen) atoms. The third-order valence-electron chi connectivity index (χ3n) is 3.08. The maximum absolute atomic E-state index is 12.0. The molecule has 1 heterocycles. The van der Waals surface area contributed by atoms with Crippen LogP contribution in [0, 0.1) is 12.3 Å². The SMILES string of the molecule is C#CCCCCC(=O)N1C(C)CNCC1C. The van der Waals surface area contributed by atoms with Crippen LogP contribution in [0.5, 0.6) is 0 Å². The van der Waals surface area contributed by atoms with Crippen molar-refractivity contribution in [1.82, 2.24) is 10.2 Å². The molecule has 3 nitrogen and oxygen atoms in total. The second-order valence-electron chi connectivity index (χ2n) is 4.57. The molecule has 3 heteroatoms. The second kappa shape index (κ2) is 6.55. The van der Waals surface area contributed by atoms with Gasteiger partial charge in [-0.3, -0.25) is 4.79 Å². The van der Waals surface area contributed by atoms with Gasteiger partial charge < -0.3 is 10.2 Å². The van der Waals surface area contributed by atoms with Crippen LogP contribution in [0.2, 0.25) is 0 Å². The fourth-order valence-corrected chi connectivity index (χ4v) is 2.26. The molecule has 0 saturated carbocycles. The normalized spacial score (nSPS) is 25.2. The zero-order valence-corrected chi connectivity index (χ0v) is 10.3. The van der Waals surface area contributed by atoms with Crippen LogP contribution in [-0.4, -0.2) is 36.0 Å². The van der Waals surface area contributed by atoms with Crippen LogP contribution in [0.3, 0.4) is 0 Å². The Hall–Kier alpha value is -1.01. The van der Waals surface area contributed by atoms with Gasteiger partial charge in [-0.2, -0.15) is 0 Å².